The minimum Gasteiger partial charge on any atom is -0.508 e. The lowest BCUT2D eigenvalue weighted by atomic mass is 10.1. The third kappa shape index (κ3) is 4.09. The van der Waals surface area contributed by atoms with Crippen molar-refractivity contribution in [2.45, 2.75) is 13.5 Å². The van der Waals surface area contributed by atoms with Gasteiger partial charge in [0, 0.05) is 22.7 Å². The average Bonchev–Trinajstić information content (AvgIpc) is 3.24. The van der Waals surface area contributed by atoms with Crippen molar-refractivity contribution in [1.82, 2.24) is 9.97 Å². The van der Waals surface area contributed by atoms with Crippen molar-refractivity contribution >= 4 is 33.1 Å². The number of aryl methyl sites for hydroxylation is 1. The predicted molar refractivity (Wildman–Crippen MR) is 134 cm³/mol. The fourth-order valence-electron chi connectivity index (χ4n) is 3.93. The molecule has 5 aromatic rings. The summed E-state index contributed by atoms with van der Waals surface area (Å²) in [5.74, 6) is -0.740. The van der Waals surface area contributed by atoms with Crippen molar-refractivity contribution in [3.8, 4) is 22.8 Å². The highest BCUT2D eigenvalue weighted by Gasteiger charge is 2.22. The molecule has 0 saturated carbocycles. The maximum Gasteiger partial charge on any atom is 0.262 e. The van der Waals surface area contributed by atoms with Crippen molar-refractivity contribution in [2.75, 3.05) is 4.90 Å². The molecule has 2 N–H and O–H groups in total. The standard InChI is InChI=1S/C27H21N3O3S/c1-17-15-34-26-24(17)25(28-16-29-26)19-7-9-20(10-8-19)30(14-18-5-3-2-4-6-18)27(33)22-12-11-21(31)13-23(22)32/h2-13,15-16,31-32H,14H2,1H3. The Bertz CT molecular complexity index is 1480. The van der Waals surface area contributed by atoms with Gasteiger partial charge in [0.25, 0.3) is 5.91 Å². The van der Waals surface area contributed by atoms with E-state index in [-0.39, 0.29) is 23.0 Å². The Morgan fingerprint density at radius 2 is 1.74 bits per heavy atom. The molecule has 0 aliphatic carbocycles. The maximum atomic E-state index is 13.5. The number of carbonyl (C=O) groups excluding carboxylic acids is 1. The zero-order chi connectivity index (χ0) is 23.7. The van der Waals surface area contributed by atoms with E-state index in [9.17, 15) is 15.0 Å². The quantitative estimate of drug-likeness (QED) is 0.335. The van der Waals surface area contributed by atoms with Crippen LogP contribution in [0.5, 0.6) is 11.5 Å². The van der Waals surface area contributed by atoms with Crippen LogP contribution in [0.2, 0.25) is 0 Å². The second kappa shape index (κ2) is 8.96. The van der Waals surface area contributed by atoms with Gasteiger partial charge in [-0.05, 0) is 47.7 Å². The summed E-state index contributed by atoms with van der Waals surface area (Å²) in [7, 11) is 0. The van der Waals surface area contributed by atoms with Gasteiger partial charge < -0.3 is 15.1 Å². The zero-order valence-electron chi connectivity index (χ0n) is 18.3. The lowest BCUT2D eigenvalue weighted by Gasteiger charge is -2.24. The van der Waals surface area contributed by atoms with Crippen molar-refractivity contribution in [1.29, 1.82) is 0 Å². The molecule has 0 bridgehead atoms. The Hall–Kier alpha value is -4.23. The second-order valence-electron chi connectivity index (χ2n) is 7.95. The normalized spacial score (nSPS) is 11.0. The number of aromatic nitrogens is 2. The van der Waals surface area contributed by atoms with Crippen molar-refractivity contribution in [3.05, 3.63) is 101 Å². The molecule has 0 saturated heterocycles. The first kappa shape index (κ1) is 21.6. The van der Waals surface area contributed by atoms with Crippen LogP contribution in [0, 0.1) is 6.92 Å². The van der Waals surface area contributed by atoms with Crippen LogP contribution in [0.15, 0.2) is 84.5 Å². The molecule has 0 radical (unpaired) electrons. The summed E-state index contributed by atoms with van der Waals surface area (Å²) in [4.78, 5) is 24.9. The minimum absolute atomic E-state index is 0.104. The van der Waals surface area contributed by atoms with Crippen LogP contribution in [-0.4, -0.2) is 26.1 Å². The Morgan fingerprint density at radius 1 is 0.971 bits per heavy atom. The molecule has 0 aliphatic rings. The van der Waals surface area contributed by atoms with Gasteiger partial charge in [0.05, 0.1) is 17.8 Å². The first-order chi connectivity index (χ1) is 16.5. The van der Waals surface area contributed by atoms with E-state index in [1.807, 2.05) is 61.5 Å². The molecule has 7 heteroatoms. The van der Waals surface area contributed by atoms with Gasteiger partial charge in [0.1, 0.15) is 22.7 Å². The van der Waals surface area contributed by atoms with Crippen molar-refractivity contribution < 1.29 is 15.0 Å². The number of nitrogens with zero attached hydrogens (tertiary/aromatic N) is 3. The van der Waals surface area contributed by atoms with Gasteiger partial charge in [-0.25, -0.2) is 9.97 Å². The highest BCUT2D eigenvalue weighted by atomic mass is 32.1. The molecule has 3 aromatic carbocycles. The zero-order valence-corrected chi connectivity index (χ0v) is 19.2. The van der Waals surface area contributed by atoms with Crippen LogP contribution in [0.1, 0.15) is 21.5 Å². The molecule has 2 heterocycles. The van der Waals surface area contributed by atoms with Crippen LogP contribution < -0.4 is 4.90 Å². The van der Waals surface area contributed by atoms with Crippen molar-refractivity contribution in [3.63, 3.8) is 0 Å². The number of carbonyl (C=O) groups is 1. The number of hydrogen-bond acceptors (Lipinski definition) is 6. The van der Waals surface area contributed by atoms with Gasteiger partial charge in [0.2, 0.25) is 0 Å². The minimum atomic E-state index is -0.368. The van der Waals surface area contributed by atoms with E-state index >= 15 is 0 Å². The van der Waals surface area contributed by atoms with Crippen molar-refractivity contribution in [2.24, 2.45) is 0 Å². The Morgan fingerprint density at radius 3 is 2.47 bits per heavy atom. The molecule has 34 heavy (non-hydrogen) atoms. The molecule has 1 amide bonds. The molecule has 0 spiro atoms. The maximum absolute atomic E-state index is 13.5. The number of benzene rings is 3. The molecular formula is C27H21N3O3S. The molecule has 0 unspecified atom stereocenters. The summed E-state index contributed by atoms with van der Waals surface area (Å²) in [5.41, 5.74) is 4.65. The number of phenols is 2. The number of hydrogen-bond donors (Lipinski definition) is 2. The number of anilines is 1. The number of amides is 1. The number of aromatic hydroxyl groups is 2. The van der Waals surface area contributed by atoms with Gasteiger partial charge in [-0.15, -0.1) is 11.3 Å². The molecular weight excluding hydrogens is 446 g/mol. The fraction of sp³-hybridized carbons (Fsp3) is 0.0741. The van der Waals surface area contributed by atoms with Crippen LogP contribution in [0.25, 0.3) is 21.5 Å². The second-order valence-corrected chi connectivity index (χ2v) is 8.80. The van der Waals surface area contributed by atoms with Crippen LogP contribution in [0.4, 0.5) is 5.69 Å². The van der Waals surface area contributed by atoms with E-state index in [4.69, 9.17) is 0 Å². The fourth-order valence-corrected chi connectivity index (χ4v) is 4.82. The van der Waals surface area contributed by atoms with E-state index < -0.39 is 0 Å². The number of phenolic OH excluding ortho intramolecular Hbond substituents is 2. The van der Waals surface area contributed by atoms with E-state index in [1.54, 1.807) is 22.6 Å². The predicted octanol–water partition coefficient (Wildman–Crippen LogP) is 5.92. The smallest absolute Gasteiger partial charge is 0.262 e. The third-order valence-corrected chi connectivity index (χ3v) is 6.65. The van der Waals surface area contributed by atoms with Crippen LogP contribution in [0.3, 0.4) is 0 Å². The SMILES string of the molecule is Cc1csc2ncnc(-c3ccc(N(Cc4ccccc4)C(=O)c4ccc(O)cc4O)cc3)c12. The van der Waals surface area contributed by atoms with Crippen LogP contribution >= 0.6 is 11.3 Å². The lowest BCUT2D eigenvalue weighted by molar-refractivity contribution is 0.0982. The van der Waals surface area contributed by atoms with E-state index in [2.05, 4.69) is 15.3 Å². The molecule has 5 rings (SSSR count). The molecule has 0 fully saturated rings. The lowest BCUT2D eigenvalue weighted by Crippen LogP contribution is -2.30. The highest BCUT2D eigenvalue weighted by molar-refractivity contribution is 7.17. The van der Waals surface area contributed by atoms with Gasteiger partial charge in [-0.3, -0.25) is 4.79 Å². The Balaban J connectivity index is 1.54. The molecule has 0 aliphatic heterocycles. The summed E-state index contributed by atoms with van der Waals surface area (Å²) in [6, 6.07) is 21.3. The summed E-state index contributed by atoms with van der Waals surface area (Å²) < 4.78 is 0. The largest absolute Gasteiger partial charge is 0.508 e. The average molecular weight is 468 g/mol. The van der Waals surface area contributed by atoms with E-state index in [0.29, 0.717) is 12.2 Å². The Labute approximate surface area is 200 Å². The molecule has 2 aromatic heterocycles. The van der Waals surface area contributed by atoms with E-state index in [0.717, 1.165) is 32.6 Å². The number of fused-ring (bicyclic) bond motifs is 1. The third-order valence-electron chi connectivity index (χ3n) is 5.65. The van der Waals surface area contributed by atoms with E-state index in [1.165, 1.54) is 18.2 Å². The number of thiophene rings is 1. The summed E-state index contributed by atoms with van der Waals surface area (Å²) in [5, 5.41) is 23.0. The topological polar surface area (TPSA) is 86.6 Å². The summed E-state index contributed by atoms with van der Waals surface area (Å²) >= 11 is 1.59. The highest BCUT2D eigenvalue weighted by Crippen LogP contribution is 2.33. The monoisotopic (exact) mass is 467 g/mol. The van der Waals surface area contributed by atoms with Crippen LogP contribution in [-0.2, 0) is 6.54 Å². The van der Waals surface area contributed by atoms with Gasteiger partial charge in [-0.2, -0.15) is 0 Å². The number of rotatable bonds is 5. The molecule has 6 nitrogen and oxygen atoms in total. The van der Waals surface area contributed by atoms with Gasteiger partial charge in [0.15, 0.2) is 0 Å². The molecule has 168 valence electrons. The van der Waals surface area contributed by atoms with Gasteiger partial charge >= 0.3 is 0 Å². The molecule has 0 atom stereocenters. The summed E-state index contributed by atoms with van der Waals surface area (Å²) in [6.45, 7) is 2.37. The first-order valence-electron chi connectivity index (χ1n) is 10.7. The summed E-state index contributed by atoms with van der Waals surface area (Å²) in [6.07, 6.45) is 1.57. The van der Waals surface area contributed by atoms with Gasteiger partial charge in [-0.1, -0.05) is 42.5 Å². The Kier molecular flexibility index (Phi) is 5.69. The first-order valence-corrected chi connectivity index (χ1v) is 11.6.